The van der Waals surface area contributed by atoms with Crippen LogP contribution in [0.15, 0.2) is 72.9 Å². The van der Waals surface area contributed by atoms with Crippen LogP contribution in [-0.4, -0.2) is 27.0 Å². The molecule has 0 fully saturated rings. The average Bonchev–Trinajstić information content (AvgIpc) is 3.08. The van der Waals surface area contributed by atoms with Crippen LogP contribution in [0.1, 0.15) is 21.9 Å². The molecule has 5 nitrogen and oxygen atoms in total. The van der Waals surface area contributed by atoms with Gasteiger partial charge in [0.05, 0.1) is 17.6 Å². The molecule has 2 aromatic heterocycles. The van der Waals surface area contributed by atoms with Crippen molar-refractivity contribution < 1.29 is 4.79 Å². The number of rotatable bonds is 6. The van der Waals surface area contributed by atoms with Gasteiger partial charge in [0, 0.05) is 24.2 Å². The number of carbonyl (C=O) groups excluding carboxylic acids is 1. The highest BCUT2D eigenvalue weighted by atomic mass is 35.5. The summed E-state index contributed by atoms with van der Waals surface area (Å²) >= 11 is 6.36. The van der Waals surface area contributed by atoms with Gasteiger partial charge in [0.15, 0.2) is 0 Å². The zero-order chi connectivity index (χ0) is 19.3. The van der Waals surface area contributed by atoms with Gasteiger partial charge in [0.1, 0.15) is 11.5 Å². The molecule has 0 aliphatic heterocycles. The van der Waals surface area contributed by atoms with Crippen LogP contribution in [0, 0.1) is 0 Å². The molecule has 1 N–H and O–H groups in total. The molecular weight excluding hydrogens is 372 g/mol. The lowest BCUT2D eigenvalue weighted by Gasteiger charge is -2.11. The highest BCUT2D eigenvalue weighted by molar-refractivity contribution is 6.31. The molecule has 140 valence electrons. The van der Waals surface area contributed by atoms with E-state index in [1.807, 2.05) is 42.5 Å². The monoisotopic (exact) mass is 390 g/mol. The van der Waals surface area contributed by atoms with E-state index in [9.17, 15) is 4.79 Å². The number of pyridine rings is 1. The molecule has 0 aliphatic rings. The van der Waals surface area contributed by atoms with Crippen molar-refractivity contribution in [1.82, 2.24) is 19.9 Å². The summed E-state index contributed by atoms with van der Waals surface area (Å²) in [6.07, 6.45) is 2.22. The number of halogens is 1. The van der Waals surface area contributed by atoms with Crippen LogP contribution in [0.5, 0.6) is 0 Å². The van der Waals surface area contributed by atoms with Crippen molar-refractivity contribution in [2.24, 2.45) is 0 Å². The minimum Gasteiger partial charge on any atom is -0.350 e. The minimum atomic E-state index is -0.186. The molecule has 0 atom stereocenters. The van der Waals surface area contributed by atoms with Crippen LogP contribution < -0.4 is 5.32 Å². The highest BCUT2D eigenvalue weighted by Crippen LogP contribution is 2.22. The quantitative estimate of drug-likeness (QED) is 0.539. The summed E-state index contributed by atoms with van der Waals surface area (Å²) in [5.74, 6) is 0.719. The van der Waals surface area contributed by atoms with Crippen molar-refractivity contribution in [1.29, 1.82) is 0 Å². The van der Waals surface area contributed by atoms with Gasteiger partial charge in [-0.05, 0) is 35.9 Å². The lowest BCUT2D eigenvalue weighted by molar-refractivity contribution is 0.0949. The normalized spacial score (nSPS) is 10.9. The smallest absolute Gasteiger partial charge is 0.269 e. The Morgan fingerprint density at radius 3 is 2.61 bits per heavy atom. The van der Waals surface area contributed by atoms with Gasteiger partial charge < -0.3 is 9.88 Å². The van der Waals surface area contributed by atoms with Crippen LogP contribution in [0.2, 0.25) is 5.02 Å². The van der Waals surface area contributed by atoms with E-state index >= 15 is 0 Å². The van der Waals surface area contributed by atoms with Gasteiger partial charge in [0.25, 0.3) is 5.91 Å². The predicted octanol–water partition coefficient (Wildman–Crippen LogP) is 4.11. The van der Waals surface area contributed by atoms with Crippen molar-refractivity contribution in [2.75, 3.05) is 6.54 Å². The maximum absolute atomic E-state index is 12.2. The van der Waals surface area contributed by atoms with E-state index < -0.39 is 0 Å². The lowest BCUT2D eigenvalue weighted by atomic mass is 10.2. The molecule has 4 aromatic rings. The maximum Gasteiger partial charge on any atom is 0.269 e. The molecule has 0 bridgehead atoms. The molecule has 0 saturated carbocycles. The van der Waals surface area contributed by atoms with Gasteiger partial charge in [-0.15, -0.1) is 0 Å². The Labute approximate surface area is 168 Å². The molecule has 2 heterocycles. The fourth-order valence-corrected chi connectivity index (χ4v) is 3.36. The van der Waals surface area contributed by atoms with E-state index in [2.05, 4.69) is 20.9 Å². The summed E-state index contributed by atoms with van der Waals surface area (Å²) in [6, 6.07) is 21.1. The Balaban J connectivity index is 1.55. The molecule has 0 aliphatic carbocycles. The first-order valence-electron chi connectivity index (χ1n) is 9.09. The number of amides is 1. The van der Waals surface area contributed by atoms with E-state index in [0.717, 1.165) is 27.4 Å². The lowest BCUT2D eigenvalue weighted by Crippen LogP contribution is -2.27. The zero-order valence-electron chi connectivity index (χ0n) is 15.2. The first-order valence-corrected chi connectivity index (χ1v) is 9.47. The summed E-state index contributed by atoms with van der Waals surface area (Å²) in [5.41, 5.74) is 3.42. The number of imidazole rings is 1. The number of fused-ring (bicyclic) bond motifs is 1. The second-order valence-electron chi connectivity index (χ2n) is 6.42. The number of para-hydroxylation sites is 2. The van der Waals surface area contributed by atoms with E-state index in [0.29, 0.717) is 25.2 Å². The first kappa shape index (κ1) is 18.2. The molecule has 0 saturated heterocycles. The second-order valence-corrected chi connectivity index (χ2v) is 6.82. The molecule has 4 rings (SSSR count). The van der Waals surface area contributed by atoms with E-state index in [1.54, 1.807) is 24.4 Å². The standard InChI is InChI=1S/C22H19ClN4O/c23-17-8-2-1-7-16(17)15-27-20-11-4-3-9-18(20)26-21(27)12-14-25-22(28)19-10-5-6-13-24-19/h1-11,13H,12,14-15H2,(H,25,28). The Morgan fingerprint density at radius 2 is 1.79 bits per heavy atom. The molecule has 28 heavy (non-hydrogen) atoms. The summed E-state index contributed by atoms with van der Waals surface area (Å²) in [4.78, 5) is 21.0. The molecule has 6 heteroatoms. The molecule has 0 spiro atoms. The fraction of sp³-hybridized carbons (Fsp3) is 0.136. The zero-order valence-corrected chi connectivity index (χ0v) is 15.9. The van der Waals surface area contributed by atoms with Crippen LogP contribution in [0.25, 0.3) is 11.0 Å². The topological polar surface area (TPSA) is 59.8 Å². The van der Waals surface area contributed by atoms with Gasteiger partial charge in [-0.3, -0.25) is 9.78 Å². The Morgan fingerprint density at radius 1 is 1.00 bits per heavy atom. The summed E-state index contributed by atoms with van der Waals surface area (Å²) < 4.78 is 2.16. The summed E-state index contributed by atoms with van der Waals surface area (Å²) in [7, 11) is 0. The molecule has 0 unspecified atom stereocenters. The van der Waals surface area contributed by atoms with Crippen LogP contribution in [0.4, 0.5) is 0 Å². The third kappa shape index (κ3) is 3.89. The van der Waals surface area contributed by atoms with Gasteiger partial charge in [0.2, 0.25) is 0 Å². The van der Waals surface area contributed by atoms with Crippen molar-refractivity contribution in [3.63, 3.8) is 0 Å². The number of aromatic nitrogens is 3. The van der Waals surface area contributed by atoms with Crippen LogP contribution >= 0.6 is 11.6 Å². The fourth-order valence-electron chi connectivity index (χ4n) is 3.17. The van der Waals surface area contributed by atoms with Gasteiger partial charge in [-0.2, -0.15) is 0 Å². The number of hydrogen-bond donors (Lipinski definition) is 1. The Kier molecular flexibility index (Phi) is 5.35. The van der Waals surface area contributed by atoms with E-state index in [-0.39, 0.29) is 5.91 Å². The summed E-state index contributed by atoms with van der Waals surface area (Å²) in [6.45, 7) is 1.10. The maximum atomic E-state index is 12.2. The Bertz CT molecular complexity index is 1110. The van der Waals surface area contributed by atoms with E-state index in [4.69, 9.17) is 16.6 Å². The minimum absolute atomic E-state index is 0.186. The Hall–Kier alpha value is -3.18. The van der Waals surface area contributed by atoms with Crippen LogP contribution in [-0.2, 0) is 13.0 Å². The van der Waals surface area contributed by atoms with Gasteiger partial charge >= 0.3 is 0 Å². The number of nitrogens with zero attached hydrogens (tertiary/aromatic N) is 3. The van der Waals surface area contributed by atoms with Crippen molar-refractivity contribution >= 4 is 28.5 Å². The number of benzene rings is 2. The molecule has 0 radical (unpaired) electrons. The third-order valence-corrected chi connectivity index (χ3v) is 4.92. The average molecular weight is 391 g/mol. The molecular formula is C22H19ClN4O. The van der Waals surface area contributed by atoms with Crippen LogP contribution in [0.3, 0.4) is 0 Å². The number of nitrogens with one attached hydrogen (secondary N) is 1. The number of hydrogen-bond acceptors (Lipinski definition) is 3. The van der Waals surface area contributed by atoms with Crippen molar-refractivity contribution in [3.8, 4) is 0 Å². The SMILES string of the molecule is O=C(NCCc1nc2ccccc2n1Cc1ccccc1Cl)c1ccccn1. The number of carbonyl (C=O) groups is 1. The first-order chi connectivity index (χ1) is 13.7. The van der Waals surface area contributed by atoms with Crippen molar-refractivity contribution in [2.45, 2.75) is 13.0 Å². The molecule has 2 aromatic carbocycles. The molecule has 1 amide bonds. The van der Waals surface area contributed by atoms with E-state index in [1.165, 1.54) is 0 Å². The second kappa shape index (κ2) is 8.23. The highest BCUT2D eigenvalue weighted by Gasteiger charge is 2.13. The predicted molar refractivity (Wildman–Crippen MR) is 111 cm³/mol. The summed E-state index contributed by atoms with van der Waals surface area (Å²) in [5, 5.41) is 3.64. The third-order valence-electron chi connectivity index (χ3n) is 4.55. The largest absolute Gasteiger partial charge is 0.350 e. The van der Waals surface area contributed by atoms with Crippen molar-refractivity contribution in [3.05, 3.63) is 95.0 Å². The van der Waals surface area contributed by atoms with Gasteiger partial charge in [-0.25, -0.2) is 4.98 Å². The van der Waals surface area contributed by atoms with Gasteiger partial charge in [-0.1, -0.05) is 48.0 Å².